The molecule has 3 aliphatic rings. The van der Waals surface area contributed by atoms with Crippen molar-refractivity contribution in [2.45, 2.75) is 75.7 Å². The van der Waals surface area contributed by atoms with Gasteiger partial charge in [-0.05, 0) is 32.8 Å². The molecule has 0 spiro atoms. The molecule has 0 unspecified atom stereocenters. The zero-order valence-electron chi connectivity index (χ0n) is 25.6. The lowest BCUT2D eigenvalue weighted by molar-refractivity contribution is -0.0893. The fourth-order valence-corrected chi connectivity index (χ4v) is 7.08. The summed E-state index contributed by atoms with van der Waals surface area (Å²) in [5, 5.41) is 15.1. The third-order valence-electron chi connectivity index (χ3n) is 9.11. The van der Waals surface area contributed by atoms with Gasteiger partial charge in [0.25, 0.3) is 5.91 Å². The van der Waals surface area contributed by atoms with Crippen molar-refractivity contribution in [3.63, 3.8) is 0 Å². The van der Waals surface area contributed by atoms with Crippen LogP contribution in [0.2, 0.25) is 0 Å². The minimum Gasteiger partial charge on any atom is -0.490 e. The van der Waals surface area contributed by atoms with Crippen LogP contribution in [-0.4, -0.2) is 82.7 Å². The number of imidazole rings is 1. The molecule has 2 N–H and O–H groups in total. The van der Waals surface area contributed by atoms with Gasteiger partial charge in [0.2, 0.25) is 0 Å². The molecule has 43 heavy (non-hydrogen) atoms. The zero-order chi connectivity index (χ0) is 30.0. The Hall–Kier alpha value is -3.40. The number of hydrogen-bond acceptors (Lipinski definition) is 7. The summed E-state index contributed by atoms with van der Waals surface area (Å²) >= 11 is 0. The van der Waals surface area contributed by atoms with Crippen LogP contribution in [0.15, 0.2) is 54.9 Å². The first-order chi connectivity index (χ1) is 20.8. The Bertz CT molecular complexity index is 1420. The van der Waals surface area contributed by atoms with Crippen LogP contribution in [0.5, 0.6) is 11.5 Å². The van der Waals surface area contributed by atoms with E-state index in [1.54, 1.807) is 13.4 Å². The Morgan fingerprint density at radius 1 is 1.16 bits per heavy atom. The number of carbonyl (C=O) groups excluding carboxylic acids is 1. The second-order valence-electron chi connectivity index (χ2n) is 12.8. The first-order valence-corrected chi connectivity index (χ1v) is 15.6. The number of para-hydroxylation sites is 1. The number of rotatable bonds is 9. The van der Waals surface area contributed by atoms with E-state index in [9.17, 15) is 9.90 Å². The van der Waals surface area contributed by atoms with Crippen LogP contribution in [0.1, 0.15) is 68.0 Å². The molecule has 9 nitrogen and oxygen atoms in total. The van der Waals surface area contributed by atoms with E-state index in [1.165, 1.54) is 0 Å². The van der Waals surface area contributed by atoms with E-state index in [1.807, 2.05) is 51.9 Å². The number of carbonyl (C=O) groups is 1. The molecule has 2 fully saturated rings. The monoisotopic (exact) mass is 588 g/mol. The van der Waals surface area contributed by atoms with Gasteiger partial charge in [0, 0.05) is 56.8 Å². The standard InChI is InChI=1S/C34H44N4O5/c1-33(2)20-25-12-9-13-27(31(25)43-33)42-19-15-26-21-35-17-18-37(26)32(39)29-30(24-10-5-4-6-11-24)38(23-36-29)28-14-7-8-16-34(28,40)22-41-3/h4-6,9-13,23,26,28,35,40H,7-8,14-22H2,1-3H3/t26-,28-,34-/m1/s1. The fraction of sp³-hybridized carbons (Fsp3) is 0.529. The predicted octanol–water partition coefficient (Wildman–Crippen LogP) is 4.64. The quantitative estimate of drug-likeness (QED) is 0.376. The lowest BCUT2D eigenvalue weighted by Crippen LogP contribution is -2.54. The Balaban J connectivity index is 1.24. The van der Waals surface area contributed by atoms with E-state index in [0.29, 0.717) is 38.2 Å². The van der Waals surface area contributed by atoms with Gasteiger partial charge in [-0.1, -0.05) is 55.3 Å². The topological polar surface area (TPSA) is 98.1 Å². The molecule has 0 radical (unpaired) electrons. The van der Waals surface area contributed by atoms with Gasteiger partial charge in [0.1, 0.15) is 11.2 Å². The number of piperazine rings is 1. The summed E-state index contributed by atoms with van der Waals surface area (Å²) in [5.74, 6) is 1.49. The number of aromatic nitrogens is 2. The number of ether oxygens (including phenoxy) is 3. The maximum absolute atomic E-state index is 14.3. The maximum Gasteiger partial charge on any atom is 0.275 e. The van der Waals surface area contributed by atoms with Gasteiger partial charge in [0.15, 0.2) is 17.2 Å². The number of aliphatic hydroxyl groups is 1. The molecular formula is C34H44N4O5. The van der Waals surface area contributed by atoms with Crippen LogP contribution in [0.4, 0.5) is 0 Å². The third-order valence-corrected chi connectivity index (χ3v) is 9.11. The molecule has 6 rings (SSSR count). The molecule has 2 aromatic carbocycles. The SMILES string of the molecule is COC[C@]1(O)CCCC[C@H]1n1cnc(C(=O)N2CCNC[C@H]2CCOc2cccc3c2OC(C)(C)C3)c1-c1ccccc1. The summed E-state index contributed by atoms with van der Waals surface area (Å²) in [6.45, 7) is 6.86. The molecule has 2 aliphatic heterocycles. The average Bonchev–Trinajstić information content (AvgIpc) is 3.58. The second-order valence-corrected chi connectivity index (χ2v) is 12.8. The number of amides is 1. The van der Waals surface area contributed by atoms with Gasteiger partial charge in [-0.2, -0.15) is 0 Å². The highest BCUT2D eigenvalue weighted by Gasteiger charge is 2.42. The molecule has 3 heterocycles. The van der Waals surface area contributed by atoms with Crippen molar-refractivity contribution in [1.29, 1.82) is 0 Å². The van der Waals surface area contributed by atoms with Gasteiger partial charge in [-0.3, -0.25) is 4.79 Å². The average molecular weight is 589 g/mol. The van der Waals surface area contributed by atoms with Gasteiger partial charge in [-0.25, -0.2) is 4.98 Å². The van der Waals surface area contributed by atoms with Crippen molar-refractivity contribution < 1.29 is 24.1 Å². The van der Waals surface area contributed by atoms with Crippen molar-refractivity contribution in [2.24, 2.45) is 0 Å². The van der Waals surface area contributed by atoms with Crippen molar-refractivity contribution in [1.82, 2.24) is 19.8 Å². The fourth-order valence-electron chi connectivity index (χ4n) is 7.08. The molecule has 0 bridgehead atoms. The molecule has 1 aliphatic carbocycles. The smallest absolute Gasteiger partial charge is 0.275 e. The van der Waals surface area contributed by atoms with Crippen LogP contribution in [0.3, 0.4) is 0 Å². The lowest BCUT2D eigenvalue weighted by Gasteiger charge is -2.41. The van der Waals surface area contributed by atoms with Crippen LogP contribution in [0, 0.1) is 0 Å². The Morgan fingerprint density at radius 3 is 2.81 bits per heavy atom. The number of nitrogens with one attached hydrogen (secondary N) is 1. The molecule has 1 aromatic heterocycles. The van der Waals surface area contributed by atoms with E-state index in [-0.39, 0.29) is 30.2 Å². The van der Waals surface area contributed by atoms with E-state index in [2.05, 4.69) is 25.2 Å². The molecule has 9 heteroatoms. The van der Waals surface area contributed by atoms with E-state index in [4.69, 9.17) is 19.2 Å². The maximum atomic E-state index is 14.3. The number of benzene rings is 2. The molecule has 1 saturated heterocycles. The third kappa shape index (κ3) is 6.03. The van der Waals surface area contributed by atoms with Crippen LogP contribution in [-0.2, 0) is 11.2 Å². The van der Waals surface area contributed by atoms with Crippen LogP contribution < -0.4 is 14.8 Å². The molecule has 1 amide bonds. The van der Waals surface area contributed by atoms with E-state index < -0.39 is 5.60 Å². The minimum atomic E-state index is -1.02. The number of hydrogen-bond donors (Lipinski definition) is 2. The Kier molecular flexibility index (Phi) is 8.49. The van der Waals surface area contributed by atoms with Crippen LogP contribution >= 0.6 is 0 Å². The summed E-state index contributed by atoms with van der Waals surface area (Å²) in [6, 6.07) is 15.7. The largest absolute Gasteiger partial charge is 0.490 e. The highest BCUT2D eigenvalue weighted by molar-refractivity contribution is 5.98. The van der Waals surface area contributed by atoms with Gasteiger partial charge in [0.05, 0.1) is 31.3 Å². The van der Waals surface area contributed by atoms with E-state index >= 15 is 0 Å². The lowest BCUT2D eigenvalue weighted by atomic mass is 9.80. The van der Waals surface area contributed by atoms with Crippen molar-refractivity contribution in [2.75, 3.05) is 40.0 Å². The summed E-state index contributed by atoms with van der Waals surface area (Å²) in [5.41, 5.74) is 1.97. The summed E-state index contributed by atoms with van der Waals surface area (Å²) in [6.07, 6.45) is 6.65. The van der Waals surface area contributed by atoms with Crippen LogP contribution in [0.25, 0.3) is 11.3 Å². The molecule has 230 valence electrons. The highest BCUT2D eigenvalue weighted by atomic mass is 16.5. The zero-order valence-corrected chi connectivity index (χ0v) is 25.6. The van der Waals surface area contributed by atoms with Crippen molar-refractivity contribution in [3.8, 4) is 22.8 Å². The minimum absolute atomic E-state index is 0.0516. The highest BCUT2D eigenvalue weighted by Crippen LogP contribution is 2.43. The van der Waals surface area contributed by atoms with Gasteiger partial charge in [-0.15, -0.1) is 0 Å². The summed E-state index contributed by atoms with van der Waals surface area (Å²) in [4.78, 5) is 21.0. The van der Waals surface area contributed by atoms with Crippen molar-refractivity contribution >= 4 is 5.91 Å². The first kappa shape index (κ1) is 29.7. The number of fused-ring (bicyclic) bond motifs is 1. The normalized spacial score (nSPS) is 24.8. The van der Waals surface area contributed by atoms with Gasteiger partial charge < -0.3 is 34.1 Å². The number of nitrogens with zero attached hydrogens (tertiary/aromatic N) is 3. The predicted molar refractivity (Wildman–Crippen MR) is 165 cm³/mol. The Labute approximate surface area is 254 Å². The molecular weight excluding hydrogens is 544 g/mol. The van der Waals surface area contributed by atoms with Crippen molar-refractivity contribution in [3.05, 3.63) is 66.1 Å². The Morgan fingerprint density at radius 2 is 2.00 bits per heavy atom. The molecule has 3 aromatic rings. The second kappa shape index (κ2) is 12.3. The summed E-state index contributed by atoms with van der Waals surface area (Å²) in [7, 11) is 1.62. The van der Waals surface area contributed by atoms with E-state index in [0.717, 1.165) is 60.5 Å². The summed E-state index contributed by atoms with van der Waals surface area (Å²) < 4.78 is 19.9. The first-order valence-electron chi connectivity index (χ1n) is 15.6. The molecule has 3 atom stereocenters. The number of methoxy groups -OCH3 is 1. The molecule has 1 saturated carbocycles. The van der Waals surface area contributed by atoms with Gasteiger partial charge >= 0.3 is 0 Å².